The maximum absolute atomic E-state index is 12.9. The first-order valence-corrected chi connectivity index (χ1v) is 8.91. The Bertz CT molecular complexity index is 819. The van der Waals surface area contributed by atoms with Crippen molar-refractivity contribution in [2.75, 3.05) is 6.54 Å². The summed E-state index contributed by atoms with van der Waals surface area (Å²) >= 11 is 0. The average molecular weight is 386 g/mol. The molecular weight excluding hydrogens is 361 g/mol. The molecule has 0 spiro atoms. The normalized spacial score (nSPS) is 10.3. The maximum atomic E-state index is 12.9. The fourth-order valence-electron chi connectivity index (χ4n) is 2.71. The molecule has 142 valence electrons. The van der Waals surface area contributed by atoms with Crippen LogP contribution < -0.4 is 10.1 Å². The van der Waals surface area contributed by atoms with Gasteiger partial charge in [-0.3, -0.25) is 0 Å². The van der Waals surface area contributed by atoms with Crippen molar-refractivity contribution in [1.82, 2.24) is 5.32 Å². The quantitative estimate of drug-likeness (QED) is 0.519. The number of benzene rings is 3. The second-order valence-corrected chi connectivity index (χ2v) is 6.47. The van der Waals surface area contributed by atoms with Crippen molar-refractivity contribution in [3.63, 3.8) is 0 Å². The van der Waals surface area contributed by atoms with Crippen molar-refractivity contribution < 1.29 is 9.13 Å². The highest BCUT2D eigenvalue weighted by atomic mass is 35.5. The Kier molecular flexibility index (Phi) is 8.31. The van der Waals surface area contributed by atoms with E-state index >= 15 is 0 Å². The lowest BCUT2D eigenvalue weighted by Gasteiger charge is -2.09. The maximum Gasteiger partial charge on any atom is 0.123 e. The van der Waals surface area contributed by atoms with E-state index in [1.54, 1.807) is 0 Å². The van der Waals surface area contributed by atoms with Crippen molar-refractivity contribution >= 4 is 12.4 Å². The highest BCUT2D eigenvalue weighted by Crippen LogP contribution is 2.15. The summed E-state index contributed by atoms with van der Waals surface area (Å²) in [6.45, 7) is 4.28. The third-order valence-electron chi connectivity index (χ3n) is 4.26. The number of rotatable bonds is 8. The number of hydrogen-bond donors (Lipinski definition) is 1. The fourth-order valence-corrected chi connectivity index (χ4v) is 2.71. The summed E-state index contributed by atoms with van der Waals surface area (Å²) in [6.07, 6.45) is 0.879. The van der Waals surface area contributed by atoms with Crippen LogP contribution in [0.3, 0.4) is 0 Å². The predicted molar refractivity (Wildman–Crippen MR) is 111 cm³/mol. The molecule has 0 saturated heterocycles. The van der Waals surface area contributed by atoms with Crippen molar-refractivity contribution in [2.45, 2.75) is 26.5 Å². The lowest BCUT2D eigenvalue weighted by molar-refractivity contribution is 0.306. The molecule has 0 aliphatic carbocycles. The summed E-state index contributed by atoms with van der Waals surface area (Å²) in [5.41, 5.74) is 4.74. The highest BCUT2D eigenvalue weighted by molar-refractivity contribution is 5.85. The van der Waals surface area contributed by atoms with E-state index in [2.05, 4.69) is 48.6 Å². The number of hydrogen-bond acceptors (Lipinski definition) is 2. The van der Waals surface area contributed by atoms with Gasteiger partial charge in [0.1, 0.15) is 18.2 Å². The van der Waals surface area contributed by atoms with E-state index in [1.165, 1.54) is 28.8 Å². The van der Waals surface area contributed by atoms with Gasteiger partial charge in [-0.25, -0.2) is 4.39 Å². The van der Waals surface area contributed by atoms with Crippen LogP contribution in [0.25, 0.3) is 0 Å². The molecule has 2 nitrogen and oxygen atoms in total. The van der Waals surface area contributed by atoms with Crippen molar-refractivity contribution in [3.05, 3.63) is 101 Å². The first kappa shape index (κ1) is 20.9. The van der Waals surface area contributed by atoms with Crippen LogP contribution >= 0.6 is 12.4 Å². The van der Waals surface area contributed by atoms with Gasteiger partial charge in [0.05, 0.1) is 0 Å². The average Bonchev–Trinajstić information content (AvgIpc) is 2.67. The number of ether oxygens (including phenoxy) is 1. The summed E-state index contributed by atoms with van der Waals surface area (Å²) in [5, 5.41) is 3.42. The van der Waals surface area contributed by atoms with Gasteiger partial charge >= 0.3 is 0 Å². The van der Waals surface area contributed by atoms with Crippen LogP contribution in [0.4, 0.5) is 4.39 Å². The molecule has 0 fully saturated rings. The molecule has 0 unspecified atom stereocenters. The first-order valence-electron chi connectivity index (χ1n) is 8.91. The van der Waals surface area contributed by atoms with Gasteiger partial charge in [-0.2, -0.15) is 0 Å². The van der Waals surface area contributed by atoms with Crippen LogP contribution in [0.5, 0.6) is 5.75 Å². The molecule has 0 atom stereocenters. The Balaban J connectivity index is 0.00000261. The summed E-state index contributed by atoms with van der Waals surface area (Å²) < 4.78 is 18.8. The van der Waals surface area contributed by atoms with Crippen LogP contribution in [0, 0.1) is 12.7 Å². The second kappa shape index (κ2) is 10.7. The molecule has 3 rings (SSSR count). The third kappa shape index (κ3) is 7.05. The Hall–Kier alpha value is -2.36. The van der Waals surface area contributed by atoms with Gasteiger partial charge in [-0.15, -0.1) is 12.4 Å². The summed E-state index contributed by atoms with van der Waals surface area (Å²) in [5.74, 6) is 0.688. The standard InChI is InChI=1S/C23H24FNO.ClH/c1-18-5-7-20(8-6-18)17-26-23-4-2-3-21(15-23)16-25-14-13-19-9-11-22(24)12-10-19;/h2-12,15,25H,13-14,16-17H2,1H3;1H. The molecule has 0 saturated carbocycles. The molecule has 0 aromatic heterocycles. The smallest absolute Gasteiger partial charge is 0.123 e. The van der Waals surface area contributed by atoms with Crippen molar-refractivity contribution in [1.29, 1.82) is 0 Å². The molecule has 3 aromatic rings. The van der Waals surface area contributed by atoms with E-state index in [4.69, 9.17) is 4.74 Å². The highest BCUT2D eigenvalue weighted by Gasteiger charge is 2.00. The molecule has 0 aliphatic heterocycles. The Morgan fingerprint density at radius 1 is 0.852 bits per heavy atom. The third-order valence-corrected chi connectivity index (χ3v) is 4.26. The van der Waals surface area contributed by atoms with E-state index in [0.717, 1.165) is 30.8 Å². The minimum atomic E-state index is -0.191. The van der Waals surface area contributed by atoms with E-state index in [9.17, 15) is 4.39 Å². The minimum Gasteiger partial charge on any atom is -0.489 e. The number of nitrogens with one attached hydrogen (secondary N) is 1. The zero-order valence-corrected chi connectivity index (χ0v) is 16.3. The molecule has 0 aliphatic rings. The monoisotopic (exact) mass is 385 g/mol. The largest absolute Gasteiger partial charge is 0.489 e. The Morgan fingerprint density at radius 3 is 2.30 bits per heavy atom. The molecule has 0 radical (unpaired) electrons. The summed E-state index contributed by atoms with van der Waals surface area (Å²) in [4.78, 5) is 0. The topological polar surface area (TPSA) is 21.3 Å². The van der Waals surface area contributed by atoms with Crippen LogP contribution in [0.15, 0.2) is 72.8 Å². The fraction of sp³-hybridized carbons (Fsp3) is 0.217. The van der Waals surface area contributed by atoms with Crippen LogP contribution in [0.1, 0.15) is 22.3 Å². The molecule has 0 heterocycles. The number of halogens is 2. The van der Waals surface area contributed by atoms with Crippen molar-refractivity contribution in [2.24, 2.45) is 0 Å². The molecule has 4 heteroatoms. The van der Waals surface area contributed by atoms with Gasteiger partial charge in [0, 0.05) is 6.54 Å². The lowest BCUT2D eigenvalue weighted by atomic mass is 10.1. The van der Waals surface area contributed by atoms with Crippen LogP contribution in [-0.4, -0.2) is 6.54 Å². The van der Waals surface area contributed by atoms with Crippen molar-refractivity contribution in [3.8, 4) is 5.75 Å². The summed E-state index contributed by atoms with van der Waals surface area (Å²) in [6, 6.07) is 23.2. The summed E-state index contributed by atoms with van der Waals surface area (Å²) in [7, 11) is 0. The van der Waals surface area contributed by atoms with E-state index < -0.39 is 0 Å². The molecule has 1 N–H and O–H groups in total. The molecule has 3 aromatic carbocycles. The Morgan fingerprint density at radius 2 is 1.56 bits per heavy atom. The zero-order valence-electron chi connectivity index (χ0n) is 15.5. The first-order chi connectivity index (χ1) is 12.7. The van der Waals surface area contributed by atoms with Gasteiger partial charge in [-0.05, 0) is 60.8 Å². The molecular formula is C23H25ClFNO. The predicted octanol–water partition coefficient (Wildman–Crippen LogP) is 5.47. The van der Waals surface area contributed by atoms with Crippen LogP contribution in [0.2, 0.25) is 0 Å². The van der Waals surface area contributed by atoms with Gasteiger partial charge < -0.3 is 10.1 Å². The zero-order chi connectivity index (χ0) is 18.2. The second-order valence-electron chi connectivity index (χ2n) is 6.47. The molecule has 0 bridgehead atoms. The minimum absolute atomic E-state index is 0. The van der Waals surface area contributed by atoms with E-state index in [-0.39, 0.29) is 18.2 Å². The lowest BCUT2D eigenvalue weighted by Crippen LogP contribution is -2.16. The van der Waals surface area contributed by atoms with Crippen LogP contribution in [-0.2, 0) is 19.6 Å². The van der Waals surface area contributed by atoms with Gasteiger partial charge in [-0.1, -0.05) is 54.1 Å². The number of aryl methyl sites for hydroxylation is 1. The van der Waals surface area contributed by atoms with E-state index in [1.807, 2.05) is 24.3 Å². The SMILES string of the molecule is Cc1ccc(COc2cccc(CNCCc3ccc(F)cc3)c2)cc1.Cl. The van der Waals surface area contributed by atoms with Gasteiger partial charge in [0.25, 0.3) is 0 Å². The molecule has 27 heavy (non-hydrogen) atoms. The van der Waals surface area contributed by atoms with Gasteiger partial charge in [0.2, 0.25) is 0 Å². The van der Waals surface area contributed by atoms with Gasteiger partial charge in [0.15, 0.2) is 0 Å². The van der Waals surface area contributed by atoms with E-state index in [0.29, 0.717) is 6.61 Å². The Labute approximate surface area is 166 Å². The molecule has 0 amide bonds.